The van der Waals surface area contributed by atoms with Gasteiger partial charge in [-0.3, -0.25) is 0 Å². The van der Waals surface area contributed by atoms with Crippen molar-refractivity contribution in [1.82, 2.24) is 15.5 Å². The maximum atomic E-state index is 10.9. The van der Waals surface area contributed by atoms with E-state index in [2.05, 4.69) is 48.5 Å². The summed E-state index contributed by atoms with van der Waals surface area (Å²) in [5.74, 6) is 2.90. The van der Waals surface area contributed by atoms with Gasteiger partial charge in [-0.2, -0.15) is 0 Å². The summed E-state index contributed by atoms with van der Waals surface area (Å²) in [7, 11) is 4.21. The summed E-state index contributed by atoms with van der Waals surface area (Å²) in [5, 5.41) is 17.5. The van der Waals surface area contributed by atoms with E-state index in [0.717, 1.165) is 42.6 Å². The van der Waals surface area contributed by atoms with Gasteiger partial charge in [0.25, 0.3) is 0 Å². The fourth-order valence-corrected chi connectivity index (χ4v) is 3.06. The Bertz CT molecular complexity index is 576. The van der Waals surface area contributed by atoms with Gasteiger partial charge in [-0.25, -0.2) is 4.99 Å². The summed E-state index contributed by atoms with van der Waals surface area (Å²) < 4.78 is 5.55. The van der Waals surface area contributed by atoms with Crippen molar-refractivity contribution >= 4 is 5.96 Å². The standard InChI is InChI=1S/C20H38N4O2/c1-9-21-19(22-12-17(24(7)8)10-14(2)3)23-13-20(6,25)18-11-15(4)26-16(18)5/h11,14,17,25H,9-10,12-13H2,1-8H3,(H2,21,22,23). The Hall–Kier alpha value is -1.53. The molecule has 0 amide bonds. The zero-order chi connectivity index (χ0) is 19.9. The van der Waals surface area contributed by atoms with Crippen LogP contribution >= 0.6 is 0 Å². The first-order valence-electron chi connectivity index (χ1n) is 9.55. The van der Waals surface area contributed by atoms with Crippen LogP contribution in [0, 0.1) is 19.8 Å². The average molecular weight is 367 g/mol. The predicted molar refractivity (Wildman–Crippen MR) is 109 cm³/mol. The second-order valence-electron chi connectivity index (χ2n) is 7.92. The lowest BCUT2D eigenvalue weighted by Crippen LogP contribution is -2.46. The van der Waals surface area contributed by atoms with E-state index in [-0.39, 0.29) is 6.54 Å². The number of likely N-dealkylation sites (N-methyl/N-ethyl adjacent to an activating group) is 1. The molecule has 0 fully saturated rings. The van der Waals surface area contributed by atoms with Crippen molar-refractivity contribution in [2.45, 2.75) is 59.6 Å². The molecule has 0 aromatic carbocycles. The van der Waals surface area contributed by atoms with Crippen LogP contribution in [0.15, 0.2) is 15.5 Å². The first-order chi connectivity index (χ1) is 12.1. The summed E-state index contributed by atoms with van der Waals surface area (Å²) in [6.07, 6.45) is 1.12. The van der Waals surface area contributed by atoms with Crippen molar-refractivity contribution in [2.75, 3.05) is 33.7 Å². The third-order valence-corrected chi connectivity index (χ3v) is 4.49. The summed E-state index contributed by atoms with van der Waals surface area (Å²) in [5.41, 5.74) is -0.274. The van der Waals surface area contributed by atoms with Gasteiger partial charge in [-0.15, -0.1) is 0 Å². The summed E-state index contributed by atoms with van der Waals surface area (Å²) in [6, 6.07) is 2.31. The molecular formula is C20H38N4O2. The number of furan rings is 1. The molecule has 0 bridgehead atoms. The Labute approximate surface area is 159 Å². The van der Waals surface area contributed by atoms with Crippen LogP contribution < -0.4 is 10.6 Å². The molecule has 0 saturated carbocycles. The Morgan fingerprint density at radius 3 is 2.42 bits per heavy atom. The molecule has 6 heteroatoms. The molecule has 0 aliphatic rings. The van der Waals surface area contributed by atoms with Crippen molar-refractivity contribution in [2.24, 2.45) is 10.9 Å². The van der Waals surface area contributed by atoms with Gasteiger partial charge >= 0.3 is 0 Å². The lowest BCUT2D eigenvalue weighted by atomic mass is 9.96. The molecule has 150 valence electrons. The Balaban J connectivity index is 2.80. The maximum absolute atomic E-state index is 10.9. The van der Waals surface area contributed by atoms with E-state index in [1.165, 1.54) is 0 Å². The zero-order valence-corrected chi connectivity index (χ0v) is 17.8. The molecule has 0 aliphatic heterocycles. The van der Waals surface area contributed by atoms with E-state index in [0.29, 0.717) is 12.0 Å². The number of aliphatic hydroxyl groups is 1. The average Bonchev–Trinajstić information content (AvgIpc) is 2.87. The van der Waals surface area contributed by atoms with Crippen molar-refractivity contribution in [3.8, 4) is 0 Å². The monoisotopic (exact) mass is 366 g/mol. The normalized spacial score (nSPS) is 16.0. The molecule has 1 aromatic rings. The molecule has 26 heavy (non-hydrogen) atoms. The second kappa shape index (κ2) is 9.97. The van der Waals surface area contributed by atoms with Gasteiger partial charge in [0.2, 0.25) is 0 Å². The van der Waals surface area contributed by atoms with Gasteiger partial charge in [0.15, 0.2) is 5.96 Å². The van der Waals surface area contributed by atoms with Crippen LogP contribution in [0.2, 0.25) is 0 Å². The minimum absolute atomic E-state index is 0.263. The number of nitrogens with zero attached hydrogens (tertiary/aromatic N) is 2. The van der Waals surface area contributed by atoms with Crippen LogP contribution in [0.25, 0.3) is 0 Å². The molecule has 0 spiro atoms. The van der Waals surface area contributed by atoms with Crippen LogP contribution in [-0.2, 0) is 5.60 Å². The van der Waals surface area contributed by atoms with Crippen molar-refractivity contribution < 1.29 is 9.52 Å². The highest BCUT2D eigenvalue weighted by Crippen LogP contribution is 2.27. The van der Waals surface area contributed by atoms with E-state index >= 15 is 0 Å². The topological polar surface area (TPSA) is 73.0 Å². The Morgan fingerprint density at radius 1 is 1.31 bits per heavy atom. The molecule has 1 aromatic heterocycles. The lowest BCUT2D eigenvalue weighted by molar-refractivity contribution is 0.0657. The summed E-state index contributed by atoms with van der Waals surface area (Å²) in [6.45, 7) is 13.9. The molecule has 1 heterocycles. The number of guanidine groups is 1. The zero-order valence-electron chi connectivity index (χ0n) is 17.8. The lowest BCUT2D eigenvalue weighted by Gasteiger charge is -2.27. The van der Waals surface area contributed by atoms with Crippen molar-refractivity contribution in [1.29, 1.82) is 0 Å². The largest absolute Gasteiger partial charge is 0.466 e. The van der Waals surface area contributed by atoms with Gasteiger partial charge in [-0.05, 0) is 60.2 Å². The van der Waals surface area contributed by atoms with Crippen LogP contribution in [0.1, 0.15) is 51.2 Å². The minimum atomic E-state index is -1.07. The number of aryl methyl sites for hydroxylation is 2. The van der Waals surface area contributed by atoms with Gasteiger partial charge < -0.3 is 25.1 Å². The molecule has 2 unspecified atom stereocenters. The third-order valence-electron chi connectivity index (χ3n) is 4.49. The van der Waals surface area contributed by atoms with Gasteiger partial charge in [-0.1, -0.05) is 13.8 Å². The first-order valence-corrected chi connectivity index (χ1v) is 9.55. The van der Waals surface area contributed by atoms with E-state index in [1.54, 1.807) is 6.92 Å². The number of hydrogen-bond donors (Lipinski definition) is 3. The number of hydrogen-bond acceptors (Lipinski definition) is 4. The highest BCUT2D eigenvalue weighted by molar-refractivity contribution is 5.79. The number of aliphatic imine (C=N–C) groups is 1. The van der Waals surface area contributed by atoms with E-state index in [9.17, 15) is 5.11 Å². The summed E-state index contributed by atoms with van der Waals surface area (Å²) in [4.78, 5) is 6.85. The highest BCUT2D eigenvalue weighted by atomic mass is 16.3. The van der Waals surface area contributed by atoms with Crippen LogP contribution in [0.3, 0.4) is 0 Å². The smallest absolute Gasteiger partial charge is 0.191 e. The van der Waals surface area contributed by atoms with Crippen LogP contribution in [0.5, 0.6) is 0 Å². The molecule has 0 saturated heterocycles. The predicted octanol–water partition coefficient (Wildman–Crippen LogP) is 2.64. The molecule has 2 atom stereocenters. The van der Waals surface area contributed by atoms with Crippen LogP contribution in [0.4, 0.5) is 0 Å². The number of rotatable bonds is 9. The minimum Gasteiger partial charge on any atom is -0.466 e. The van der Waals surface area contributed by atoms with Crippen LogP contribution in [-0.4, -0.2) is 55.7 Å². The van der Waals surface area contributed by atoms with Crippen molar-refractivity contribution in [3.63, 3.8) is 0 Å². The van der Waals surface area contributed by atoms with E-state index in [1.807, 2.05) is 26.8 Å². The molecule has 6 nitrogen and oxygen atoms in total. The fraction of sp³-hybridized carbons (Fsp3) is 0.750. The fourth-order valence-electron chi connectivity index (χ4n) is 3.06. The van der Waals surface area contributed by atoms with Gasteiger partial charge in [0.1, 0.15) is 17.1 Å². The summed E-state index contributed by atoms with van der Waals surface area (Å²) >= 11 is 0. The quantitative estimate of drug-likeness (QED) is 0.463. The highest BCUT2D eigenvalue weighted by Gasteiger charge is 2.27. The molecule has 0 aliphatic carbocycles. The Morgan fingerprint density at radius 2 is 1.96 bits per heavy atom. The van der Waals surface area contributed by atoms with E-state index < -0.39 is 5.60 Å². The molecular weight excluding hydrogens is 328 g/mol. The molecule has 3 N–H and O–H groups in total. The van der Waals surface area contributed by atoms with Gasteiger partial charge in [0.05, 0.1) is 6.54 Å². The van der Waals surface area contributed by atoms with E-state index in [4.69, 9.17) is 4.42 Å². The third kappa shape index (κ3) is 7.00. The Kier molecular flexibility index (Phi) is 8.63. The first kappa shape index (κ1) is 22.5. The molecule has 1 rings (SSSR count). The second-order valence-corrected chi connectivity index (χ2v) is 7.92. The SMILES string of the molecule is CCNC(=NCC(C)(O)c1cc(C)oc1C)NCC(CC(C)C)N(C)C. The van der Waals surface area contributed by atoms with Gasteiger partial charge in [0, 0.05) is 24.7 Å². The van der Waals surface area contributed by atoms with Crippen molar-refractivity contribution in [3.05, 3.63) is 23.2 Å². The molecule has 0 radical (unpaired) electrons. The maximum Gasteiger partial charge on any atom is 0.191 e. The number of nitrogens with one attached hydrogen (secondary N) is 2.